The van der Waals surface area contributed by atoms with E-state index in [4.69, 9.17) is 0 Å². The first-order valence-corrected chi connectivity index (χ1v) is 7.34. The minimum atomic E-state index is -4.92. The Balaban J connectivity index is 2.51. The molecule has 2 rings (SSSR count). The third-order valence-corrected chi connectivity index (χ3v) is 5.97. The number of nitriles is 1. The Labute approximate surface area is 132 Å². The summed E-state index contributed by atoms with van der Waals surface area (Å²) in [6.45, 7) is 6.79. The predicted molar refractivity (Wildman–Crippen MR) is 76.0 cm³/mol. The second-order valence-corrected chi connectivity index (χ2v) is 7.35. The fourth-order valence-electron chi connectivity index (χ4n) is 3.93. The lowest BCUT2D eigenvalue weighted by Crippen LogP contribution is -2.63. The molecule has 1 aliphatic carbocycles. The van der Waals surface area contributed by atoms with Crippen LogP contribution in [0.5, 0.6) is 0 Å². The molecular formula is C16H19F3N2O2. The van der Waals surface area contributed by atoms with Crippen molar-refractivity contribution >= 4 is 11.7 Å². The van der Waals surface area contributed by atoms with Gasteiger partial charge in [0.2, 0.25) is 0 Å². The van der Waals surface area contributed by atoms with Crippen molar-refractivity contribution in [3.8, 4) is 6.07 Å². The van der Waals surface area contributed by atoms with E-state index in [2.05, 4.69) is 0 Å². The summed E-state index contributed by atoms with van der Waals surface area (Å²) in [5.74, 6) is -2.17. The molecule has 0 aromatic rings. The van der Waals surface area contributed by atoms with Gasteiger partial charge < -0.3 is 4.90 Å². The van der Waals surface area contributed by atoms with Crippen molar-refractivity contribution in [3.63, 3.8) is 0 Å². The van der Waals surface area contributed by atoms with E-state index in [1.54, 1.807) is 20.8 Å². The van der Waals surface area contributed by atoms with Gasteiger partial charge in [-0.3, -0.25) is 9.59 Å². The number of piperidine rings is 1. The summed E-state index contributed by atoms with van der Waals surface area (Å²) >= 11 is 0. The lowest BCUT2D eigenvalue weighted by molar-refractivity contribution is -0.194. The summed E-state index contributed by atoms with van der Waals surface area (Å²) < 4.78 is 38.2. The number of carbonyl (C=O) groups is 2. The molecule has 0 N–H and O–H groups in total. The number of Topliss-reactive ketones (excluding diaryl/α,β-unsaturated/α-hetero) is 1. The largest absolute Gasteiger partial charge is 0.471 e. The van der Waals surface area contributed by atoms with Crippen molar-refractivity contribution in [1.29, 1.82) is 5.26 Å². The zero-order valence-electron chi connectivity index (χ0n) is 13.5. The summed E-state index contributed by atoms with van der Waals surface area (Å²) in [6.07, 6.45) is -3.21. The van der Waals surface area contributed by atoms with Crippen LogP contribution < -0.4 is 0 Å². The predicted octanol–water partition coefficient (Wildman–Crippen LogP) is 2.85. The second-order valence-electron chi connectivity index (χ2n) is 7.35. The number of halogens is 3. The molecule has 7 heteroatoms. The van der Waals surface area contributed by atoms with Crippen LogP contribution in [0.3, 0.4) is 0 Å². The van der Waals surface area contributed by atoms with Crippen LogP contribution in [0.2, 0.25) is 0 Å². The van der Waals surface area contributed by atoms with E-state index in [0.717, 1.165) is 4.90 Å². The fraction of sp³-hybridized carbons (Fsp3) is 0.688. The molecule has 1 aliphatic heterocycles. The molecule has 23 heavy (non-hydrogen) atoms. The fourth-order valence-corrected chi connectivity index (χ4v) is 3.93. The molecule has 1 saturated heterocycles. The van der Waals surface area contributed by atoms with E-state index in [0.29, 0.717) is 0 Å². The van der Waals surface area contributed by atoms with Crippen LogP contribution in [-0.4, -0.2) is 35.9 Å². The van der Waals surface area contributed by atoms with Gasteiger partial charge in [-0.15, -0.1) is 0 Å². The number of alkyl halides is 3. The van der Waals surface area contributed by atoms with E-state index in [1.165, 1.54) is 6.08 Å². The highest BCUT2D eigenvalue weighted by molar-refractivity contribution is 6.04. The Morgan fingerprint density at radius 3 is 2.35 bits per heavy atom. The highest BCUT2D eigenvalue weighted by Gasteiger charge is 2.62. The van der Waals surface area contributed by atoms with Crippen LogP contribution >= 0.6 is 0 Å². The van der Waals surface area contributed by atoms with Gasteiger partial charge in [-0.2, -0.15) is 18.4 Å². The topological polar surface area (TPSA) is 61.2 Å². The molecular weight excluding hydrogens is 309 g/mol. The normalized spacial score (nSPS) is 33.6. The van der Waals surface area contributed by atoms with Crippen molar-refractivity contribution in [2.24, 2.45) is 16.2 Å². The maximum atomic E-state index is 12.7. The molecule has 0 unspecified atom stereocenters. The number of likely N-dealkylation sites (tertiary alicyclic amines) is 1. The van der Waals surface area contributed by atoms with Crippen LogP contribution in [-0.2, 0) is 9.59 Å². The zero-order valence-corrected chi connectivity index (χ0v) is 13.5. The molecule has 1 fully saturated rings. The number of nitrogens with zero attached hydrogens (tertiary/aromatic N) is 2. The highest BCUT2D eigenvalue weighted by Crippen LogP contribution is 2.61. The van der Waals surface area contributed by atoms with Crippen molar-refractivity contribution in [1.82, 2.24) is 4.90 Å². The van der Waals surface area contributed by atoms with Crippen LogP contribution in [0.25, 0.3) is 0 Å². The molecule has 0 saturated carbocycles. The molecule has 0 aromatic heterocycles. The van der Waals surface area contributed by atoms with E-state index in [9.17, 15) is 28.0 Å². The lowest BCUT2D eigenvalue weighted by atomic mass is 9.46. The third-order valence-electron chi connectivity index (χ3n) is 5.97. The van der Waals surface area contributed by atoms with Crippen LogP contribution in [0.1, 0.15) is 34.1 Å². The van der Waals surface area contributed by atoms with Gasteiger partial charge in [-0.25, -0.2) is 0 Å². The van der Waals surface area contributed by atoms with Crippen LogP contribution in [0.15, 0.2) is 11.6 Å². The molecule has 1 heterocycles. The summed E-state index contributed by atoms with van der Waals surface area (Å²) in [5, 5.41) is 9.19. The van der Waals surface area contributed by atoms with Gasteiger partial charge >= 0.3 is 12.1 Å². The Hall–Kier alpha value is -1.84. The van der Waals surface area contributed by atoms with Gasteiger partial charge in [-0.05, 0) is 11.8 Å². The van der Waals surface area contributed by atoms with Gasteiger partial charge in [0, 0.05) is 23.9 Å². The van der Waals surface area contributed by atoms with Gasteiger partial charge in [0.1, 0.15) is 6.07 Å². The van der Waals surface area contributed by atoms with Crippen molar-refractivity contribution in [2.75, 3.05) is 13.1 Å². The number of hydrogen-bond donors (Lipinski definition) is 0. The number of rotatable bonds is 0. The molecule has 2 aliphatic rings. The summed E-state index contributed by atoms with van der Waals surface area (Å²) in [4.78, 5) is 24.8. The number of hydrogen-bond acceptors (Lipinski definition) is 3. The highest BCUT2D eigenvalue weighted by atomic mass is 19.4. The Bertz CT molecular complexity index is 645. The summed E-state index contributed by atoms with van der Waals surface area (Å²) in [5.41, 5.74) is -2.46. The second kappa shape index (κ2) is 4.83. The monoisotopic (exact) mass is 328 g/mol. The molecule has 0 bridgehead atoms. The lowest BCUT2D eigenvalue weighted by Gasteiger charge is -2.60. The van der Waals surface area contributed by atoms with Gasteiger partial charge in [0.25, 0.3) is 0 Å². The first kappa shape index (κ1) is 17.5. The standard InChI is InChI=1S/C16H19F3N2O2/c1-13(2)11(22)10(8-20)7-14(3)9-21(6-5-15(13,14)4)12(23)16(17,18)19/h7H,5-6,9H2,1-4H3/t14-,15+/m0/s1. The number of amides is 1. The Morgan fingerprint density at radius 2 is 1.87 bits per heavy atom. The summed E-state index contributed by atoms with van der Waals surface area (Å²) in [7, 11) is 0. The SMILES string of the molecule is CC1(C)C(=O)C(C#N)=C[C@@]2(C)CN(C(=O)C(F)(F)F)CC[C@]12C. The smallest absolute Gasteiger partial charge is 0.334 e. The average molecular weight is 328 g/mol. The minimum Gasteiger partial charge on any atom is -0.334 e. The van der Waals surface area contributed by atoms with Crippen LogP contribution in [0.4, 0.5) is 13.2 Å². The first-order chi connectivity index (χ1) is 10.3. The Kier molecular flexibility index (Phi) is 3.67. The molecule has 0 spiro atoms. The molecule has 126 valence electrons. The number of carbonyl (C=O) groups excluding carboxylic acids is 2. The average Bonchev–Trinajstić information content (AvgIpc) is 2.44. The number of allylic oxidation sites excluding steroid dienone is 1. The minimum absolute atomic E-state index is 0.0451. The van der Waals surface area contributed by atoms with E-state index >= 15 is 0 Å². The maximum absolute atomic E-state index is 12.7. The van der Waals surface area contributed by atoms with Gasteiger partial charge in [0.05, 0.1) is 5.57 Å². The van der Waals surface area contributed by atoms with E-state index in [-0.39, 0.29) is 30.9 Å². The first-order valence-electron chi connectivity index (χ1n) is 7.34. The third kappa shape index (κ3) is 2.27. The molecule has 2 atom stereocenters. The maximum Gasteiger partial charge on any atom is 0.471 e. The number of fused-ring (bicyclic) bond motifs is 1. The van der Waals surface area contributed by atoms with Crippen molar-refractivity contribution in [3.05, 3.63) is 11.6 Å². The summed E-state index contributed by atoms with van der Waals surface area (Å²) in [6, 6.07) is 1.84. The van der Waals surface area contributed by atoms with Gasteiger partial charge in [-0.1, -0.05) is 33.8 Å². The Morgan fingerprint density at radius 1 is 1.30 bits per heavy atom. The molecule has 0 aromatic carbocycles. The molecule has 1 amide bonds. The quantitative estimate of drug-likeness (QED) is 0.687. The van der Waals surface area contributed by atoms with E-state index in [1.807, 2.05) is 13.0 Å². The van der Waals surface area contributed by atoms with E-state index < -0.39 is 28.3 Å². The number of ketones is 1. The van der Waals surface area contributed by atoms with Gasteiger partial charge in [0.15, 0.2) is 5.78 Å². The molecule has 0 radical (unpaired) electrons. The van der Waals surface area contributed by atoms with Crippen LogP contribution in [0, 0.1) is 27.6 Å². The molecule has 4 nitrogen and oxygen atoms in total. The van der Waals surface area contributed by atoms with Crippen molar-refractivity contribution < 1.29 is 22.8 Å². The van der Waals surface area contributed by atoms with Crippen molar-refractivity contribution in [2.45, 2.75) is 40.3 Å². The zero-order chi connectivity index (χ0) is 17.8.